The van der Waals surface area contributed by atoms with Crippen molar-refractivity contribution in [3.8, 4) is 11.8 Å². The van der Waals surface area contributed by atoms with Crippen molar-refractivity contribution >= 4 is 21.8 Å². The van der Waals surface area contributed by atoms with Gasteiger partial charge >= 0.3 is 0 Å². The molecule has 0 spiro atoms. The van der Waals surface area contributed by atoms with Gasteiger partial charge in [0, 0.05) is 39.8 Å². The number of aromatic nitrogens is 2. The lowest BCUT2D eigenvalue weighted by Gasteiger charge is -2.32. The molecule has 0 radical (unpaired) electrons. The molecular formula is C27H28FN3. The van der Waals surface area contributed by atoms with Crippen molar-refractivity contribution in [1.82, 2.24) is 14.9 Å². The molecular weight excluding hydrogens is 385 g/mol. The normalized spacial score (nSPS) is 15.4. The third kappa shape index (κ3) is 4.11. The number of rotatable bonds is 5. The zero-order valence-corrected chi connectivity index (χ0v) is 18.0. The summed E-state index contributed by atoms with van der Waals surface area (Å²) in [5.41, 5.74) is 5.88. The van der Waals surface area contributed by atoms with Crippen LogP contribution in [-0.2, 0) is 6.42 Å². The highest BCUT2D eigenvalue weighted by Gasteiger charge is 2.22. The van der Waals surface area contributed by atoms with Crippen molar-refractivity contribution in [3.63, 3.8) is 0 Å². The van der Waals surface area contributed by atoms with Gasteiger partial charge in [0.25, 0.3) is 0 Å². The van der Waals surface area contributed by atoms with Crippen molar-refractivity contribution in [3.05, 3.63) is 71.3 Å². The summed E-state index contributed by atoms with van der Waals surface area (Å²) in [6.07, 6.45) is 8.67. The second-order valence-corrected chi connectivity index (χ2v) is 8.61. The fourth-order valence-corrected chi connectivity index (χ4v) is 4.99. The average Bonchev–Trinajstić information content (AvgIpc) is 3.38. The summed E-state index contributed by atoms with van der Waals surface area (Å²) in [6, 6.07) is 11.8. The number of aromatic amines is 2. The Labute approximate surface area is 182 Å². The summed E-state index contributed by atoms with van der Waals surface area (Å²) in [6.45, 7) is 5.28. The van der Waals surface area contributed by atoms with E-state index in [1.54, 1.807) is 12.1 Å². The van der Waals surface area contributed by atoms with Crippen LogP contribution in [0.25, 0.3) is 21.8 Å². The van der Waals surface area contributed by atoms with Crippen LogP contribution in [0.3, 0.4) is 0 Å². The molecule has 1 saturated heterocycles. The molecule has 31 heavy (non-hydrogen) atoms. The van der Waals surface area contributed by atoms with Crippen LogP contribution in [0.5, 0.6) is 0 Å². The van der Waals surface area contributed by atoms with Crippen LogP contribution < -0.4 is 0 Å². The van der Waals surface area contributed by atoms with Crippen LogP contribution in [0.4, 0.5) is 4.39 Å². The summed E-state index contributed by atoms with van der Waals surface area (Å²) >= 11 is 0. The Morgan fingerprint density at radius 3 is 2.68 bits per heavy atom. The molecule has 5 rings (SSSR count). The van der Waals surface area contributed by atoms with Crippen molar-refractivity contribution in [1.29, 1.82) is 0 Å². The van der Waals surface area contributed by atoms with Crippen LogP contribution >= 0.6 is 0 Å². The maximum absolute atomic E-state index is 13.5. The molecule has 2 aromatic heterocycles. The lowest BCUT2D eigenvalue weighted by Crippen LogP contribution is -2.33. The van der Waals surface area contributed by atoms with Gasteiger partial charge in [-0.25, -0.2) is 4.39 Å². The predicted octanol–water partition coefficient (Wildman–Crippen LogP) is 5.97. The lowest BCUT2D eigenvalue weighted by molar-refractivity contribution is 0.211. The minimum atomic E-state index is -0.180. The Morgan fingerprint density at radius 2 is 1.84 bits per heavy atom. The molecule has 0 atom stereocenters. The number of fused-ring (bicyclic) bond motifs is 2. The van der Waals surface area contributed by atoms with Crippen LogP contribution in [0.2, 0.25) is 0 Å². The van der Waals surface area contributed by atoms with Crippen molar-refractivity contribution in [2.45, 2.75) is 38.5 Å². The maximum atomic E-state index is 13.5. The smallest absolute Gasteiger partial charge is 0.125 e. The molecule has 0 saturated carbocycles. The summed E-state index contributed by atoms with van der Waals surface area (Å²) in [4.78, 5) is 9.15. The highest BCUT2D eigenvalue weighted by atomic mass is 19.1. The minimum absolute atomic E-state index is 0.180. The maximum Gasteiger partial charge on any atom is 0.125 e. The molecule has 4 heteroatoms. The standard InChI is InChI=1S/C27H28FN3/c1-2-4-21-17-29-26-9-6-19(15-24(21)26)5-3-12-31-13-10-20(11-14-31)25-18-30-27-16-22(28)7-8-23(25)27/h6-9,15-18,20,29-30H,3,5,10-14H2,1H3. The van der Waals surface area contributed by atoms with Gasteiger partial charge in [0.2, 0.25) is 0 Å². The van der Waals surface area contributed by atoms with E-state index < -0.39 is 0 Å². The van der Waals surface area contributed by atoms with Crippen LogP contribution in [0.1, 0.15) is 48.8 Å². The van der Waals surface area contributed by atoms with Gasteiger partial charge in [-0.15, -0.1) is 5.92 Å². The largest absolute Gasteiger partial charge is 0.361 e. The van der Waals surface area contributed by atoms with Gasteiger partial charge in [0.05, 0.1) is 0 Å². The molecule has 3 nitrogen and oxygen atoms in total. The summed E-state index contributed by atoms with van der Waals surface area (Å²) in [5, 5.41) is 2.40. The molecule has 2 aromatic carbocycles. The quantitative estimate of drug-likeness (QED) is 0.388. The number of H-pyrrole nitrogens is 2. The van der Waals surface area contributed by atoms with Gasteiger partial charge in [-0.05, 0) is 99.6 Å². The first-order valence-corrected chi connectivity index (χ1v) is 11.2. The zero-order valence-electron chi connectivity index (χ0n) is 18.0. The SMILES string of the molecule is CC#Cc1c[nH]c2ccc(CCCN3CCC(c4c[nH]c5cc(F)ccc45)CC3)cc12. The number of aryl methyl sites for hydroxylation is 1. The number of nitrogens with one attached hydrogen (secondary N) is 2. The van der Waals surface area contributed by atoms with E-state index in [0.717, 1.165) is 42.7 Å². The molecule has 0 amide bonds. The van der Waals surface area contributed by atoms with E-state index in [4.69, 9.17) is 0 Å². The molecule has 1 aliphatic rings. The molecule has 1 fully saturated rings. The Hall–Kier alpha value is -3.03. The predicted molar refractivity (Wildman–Crippen MR) is 126 cm³/mol. The number of hydrogen-bond acceptors (Lipinski definition) is 1. The molecule has 1 aliphatic heterocycles. The van der Waals surface area contributed by atoms with Gasteiger partial charge in [0.15, 0.2) is 0 Å². The number of halogens is 1. The van der Waals surface area contributed by atoms with Gasteiger partial charge in [-0.1, -0.05) is 12.0 Å². The van der Waals surface area contributed by atoms with E-state index >= 15 is 0 Å². The molecule has 4 aromatic rings. The number of hydrogen-bond donors (Lipinski definition) is 2. The van der Waals surface area contributed by atoms with Gasteiger partial charge in [0.1, 0.15) is 5.82 Å². The number of piperidine rings is 1. The first-order chi connectivity index (χ1) is 15.2. The highest BCUT2D eigenvalue weighted by molar-refractivity contribution is 5.86. The van der Waals surface area contributed by atoms with Crippen molar-refractivity contribution in [2.24, 2.45) is 0 Å². The minimum Gasteiger partial charge on any atom is -0.361 e. The zero-order chi connectivity index (χ0) is 21.2. The molecule has 0 unspecified atom stereocenters. The summed E-state index contributed by atoms with van der Waals surface area (Å²) in [5.74, 6) is 6.56. The van der Waals surface area contributed by atoms with Crippen molar-refractivity contribution in [2.75, 3.05) is 19.6 Å². The monoisotopic (exact) mass is 413 g/mol. The lowest BCUT2D eigenvalue weighted by atomic mass is 9.89. The first-order valence-electron chi connectivity index (χ1n) is 11.2. The van der Waals surface area contributed by atoms with Crippen LogP contribution in [-0.4, -0.2) is 34.5 Å². The first kappa shape index (κ1) is 19.9. The van der Waals surface area contributed by atoms with E-state index in [1.165, 1.54) is 41.2 Å². The third-order valence-corrected chi connectivity index (χ3v) is 6.65. The number of likely N-dealkylation sites (tertiary alicyclic amines) is 1. The second-order valence-electron chi connectivity index (χ2n) is 8.61. The molecule has 3 heterocycles. The second kappa shape index (κ2) is 8.61. The third-order valence-electron chi connectivity index (χ3n) is 6.65. The molecule has 0 aliphatic carbocycles. The van der Waals surface area contributed by atoms with Crippen LogP contribution in [0.15, 0.2) is 48.8 Å². The van der Waals surface area contributed by atoms with E-state index in [-0.39, 0.29) is 5.82 Å². The highest BCUT2D eigenvalue weighted by Crippen LogP contribution is 2.33. The topological polar surface area (TPSA) is 34.8 Å². The average molecular weight is 414 g/mol. The van der Waals surface area contributed by atoms with Gasteiger partial charge in [-0.3, -0.25) is 0 Å². The Kier molecular flexibility index (Phi) is 5.53. The Bertz CT molecular complexity index is 1260. The number of benzene rings is 2. The van der Waals surface area contributed by atoms with E-state index in [1.807, 2.05) is 19.2 Å². The summed E-state index contributed by atoms with van der Waals surface area (Å²) < 4.78 is 13.5. The molecule has 2 N–H and O–H groups in total. The van der Waals surface area contributed by atoms with Crippen LogP contribution in [0, 0.1) is 17.7 Å². The fourth-order valence-electron chi connectivity index (χ4n) is 4.99. The Morgan fingerprint density at radius 1 is 1.00 bits per heavy atom. The summed E-state index contributed by atoms with van der Waals surface area (Å²) in [7, 11) is 0. The fraction of sp³-hybridized carbons (Fsp3) is 0.333. The van der Waals surface area contributed by atoms with E-state index in [2.05, 4.69) is 51.1 Å². The Balaban J connectivity index is 1.15. The van der Waals surface area contributed by atoms with Gasteiger partial charge in [-0.2, -0.15) is 0 Å². The molecule has 0 bridgehead atoms. The molecule has 158 valence electrons. The van der Waals surface area contributed by atoms with E-state index in [9.17, 15) is 4.39 Å². The van der Waals surface area contributed by atoms with Gasteiger partial charge < -0.3 is 14.9 Å². The van der Waals surface area contributed by atoms with Crippen molar-refractivity contribution < 1.29 is 4.39 Å². The number of nitrogens with zero attached hydrogens (tertiary/aromatic N) is 1. The van der Waals surface area contributed by atoms with E-state index in [0.29, 0.717) is 5.92 Å².